The van der Waals surface area contributed by atoms with E-state index in [2.05, 4.69) is 36.1 Å². The average Bonchev–Trinajstić information content (AvgIpc) is 2.76. The minimum absolute atomic E-state index is 0.107. The summed E-state index contributed by atoms with van der Waals surface area (Å²) in [5, 5.41) is 0. The Morgan fingerprint density at radius 2 is 1.90 bits per heavy atom. The molecule has 104 valence electrons. The molecular formula is C17H19FN2. The molecule has 1 aliphatic heterocycles. The van der Waals surface area contributed by atoms with Crippen LogP contribution in [-0.4, -0.2) is 12.6 Å². The number of nitrogens with zero attached hydrogens (tertiary/aromatic N) is 1. The molecule has 2 unspecified atom stereocenters. The van der Waals surface area contributed by atoms with E-state index in [1.165, 1.54) is 23.4 Å². The maximum Gasteiger partial charge on any atom is 0.123 e. The zero-order valence-electron chi connectivity index (χ0n) is 11.6. The Morgan fingerprint density at radius 3 is 2.65 bits per heavy atom. The van der Waals surface area contributed by atoms with Gasteiger partial charge in [0.25, 0.3) is 0 Å². The predicted molar refractivity (Wildman–Crippen MR) is 80.3 cm³/mol. The Bertz CT molecular complexity index is 594. The third kappa shape index (κ3) is 2.41. The molecule has 0 fully saturated rings. The SMILES string of the molecule is CC1Cc2ccccc2N1CC(N)c1ccc(F)cc1. The fourth-order valence-electron chi connectivity index (χ4n) is 2.94. The predicted octanol–water partition coefficient (Wildman–Crippen LogP) is 3.28. The highest BCUT2D eigenvalue weighted by Gasteiger charge is 2.26. The Hall–Kier alpha value is -1.87. The summed E-state index contributed by atoms with van der Waals surface area (Å²) >= 11 is 0. The Kier molecular flexibility index (Phi) is 3.45. The van der Waals surface area contributed by atoms with E-state index in [-0.39, 0.29) is 11.9 Å². The van der Waals surface area contributed by atoms with Crippen molar-refractivity contribution in [2.45, 2.75) is 25.4 Å². The summed E-state index contributed by atoms with van der Waals surface area (Å²) in [5.74, 6) is -0.221. The molecule has 0 bridgehead atoms. The van der Waals surface area contributed by atoms with Crippen LogP contribution in [0.25, 0.3) is 0 Å². The van der Waals surface area contributed by atoms with Crippen LogP contribution < -0.4 is 10.6 Å². The standard InChI is InChI=1S/C17H19FN2/c1-12-10-14-4-2-3-5-17(14)20(12)11-16(19)13-6-8-15(18)9-7-13/h2-9,12,16H,10-11,19H2,1H3. The third-order valence-electron chi connectivity index (χ3n) is 4.04. The van der Waals surface area contributed by atoms with Gasteiger partial charge in [0, 0.05) is 24.3 Å². The summed E-state index contributed by atoms with van der Waals surface area (Å²) in [6, 6.07) is 15.3. The highest BCUT2D eigenvalue weighted by molar-refractivity contribution is 5.59. The molecule has 2 atom stereocenters. The molecule has 0 spiro atoms. The largest absolute Gasteiger partial charge is 0.366 e. The number of hydrogen-bond acceptors (Lipinski definition) is 2. The topological polar surface area (TPSA) is 29.3 Å². The number of benzene rings is 2. The molecular weight excluding hydrogens is 251 g/mol. The van der Waals surface area contributed by atoms with Crippen LogP contribution in [0.3, 0.4) is 0 Å². The van der Waals surface area contributed by atoms with E-state index in [9.17, 15) is 4.39 Å². The molecule has 3 rings (SSSR count). The zero-order chi connectivity index (χ0) is 14.1. The first-order valence-electron chi connectivity index (χ1n) is 7.01. The summed E-state index contributed by atoms with van der Waals surface area (Å²) in [6.45, 7) is 2.97. The van der Waals surface area contributed by atoms with E-state index in [0.717, 1.165) is 18.5 Å². The van der Waals surface area contributed by atoms with Crippen LogP contribution in [0.4, 0.5) is 10.1 Å². The normalized spacial score (nSPS) is 18.9. The molecule has 20 heavy (non-hydrogen) atoms. The van der Waals surface area contributed by atoms with Gasteiger partial charge < -0.3 is 10.6 Å². The molecule has 1 heterocycles. The maximum absolute atomic E-state index is 13.0. The van der Waals surface area contributed by atoms with Crippen molar-refractivity contribution < 1.29 is 4.39 Å². The van der Waals surface area contributed by atoms with E-state index in [1.807, 2.05) is 0 Å². The Morgan fingerprint density at radius 1 is 1.20 bits per heavy atom. The smallest absolute Gasteiger partial charge is 0.123 e. The molecule has 2 aromatic carbocycles. The van der Waals surface area contributed by atoms with Crippen molar-refractivity contribution in [3.63, 3.8) is 0 Å². The first-order valence-corrected chi connectivity index (χ1v) is 7.01. The zero-order valence-corrected chi connectivity index (χ0v) is 11.6. The van der Waals surface area contributed by atoms with Crippen LogP contribution in [0, 0.1) is 5.82 Å². The molecule has 0 saturated carbocycles. The van der Waals surface area contributed by atoms with Gasteiger partial charge in [-0.2, -0.15) is 0 Å². The highest BCUT2D eigenvalue weighted by Crippen LogP contribution is 2.32. The number of nitrogens with two attached hydrogens (primary N) is 1. The lowest BCUT2D eigenvalue weighted by atomic mass is 10.1. The molecule has 0 aliphatic carbocycles. The van der Waals surface area contributed by atoms with Gasteiger partial charge in [0.2, 0.25) is 0 Å². The molecule has 2 N–H and O–H groups in total. The van der Waals surface area contributed by atoms with Crippen LogP contribution >= 0.6 is 0 Å². The third-order valence-corrected chi connectivity index (χ3v) is 4.04. The van der Waals surface area contributed by atoms with Gasteiger partial charge in [-0.05, 0) is 42.7 Å². The number of anilines is 1. The summed E-state index contributed by atoms with van der Waals surface area (Å²) in [6.07, 6.45) is 1.06. The summed E-state index contributed by atoms with van der Waals surface area (Å²) in [7, 11) is 0. The molecule has 0 radical (unpaired) electrons. The molecule has 3 heteroatoms. The number of halogens is 1. The van der Waals surface area contributed by atoms with Crippen molar-refractivity contribution >= 4 is 5.69 Å². The number of rotatable bonds is 3. The Labute approximate surface area is 119 Å². The van der Waals surface area contributed by atoms with Crippen molar-refractivity contribution in [1.29, 1.82) is 0 Å². The lowest BCUT2D eigenvalue weighted by Gasteiger charge is -2.28. The minimum Gasteiger partial charge on any atom is -0.366 e. The van der Waals surface area contributed by atoms with Gasteiger partial charge in [-0.25, -0.2) is 4.39 Å². The summed E-state index contributed by atoms with van der Waals surface area (Å²) in [4.78, 5) is 2.35. The summed E-state index contributed by atoms with van der Waals surface area (Å²) < 4.78 is 13.0. The van der Waals surface area contributed by atoms with E-state index in [4.69, 9.17) is 5.73 Å². The average molecular weight is 270 g/mol. The van der Waals surface area contributed by atoms with Crippen LogP contribution in [-0.2, 0) is 6.42 Å². The fraction of sp³-hybridized carbons (Fsp3) is 0.294. The van der Waals surface area contributed by atoms with E-state index in [1.54, 1.807) is 12.1 Å². The molecule has 0 saturated heterocycles. The molecule has 1 aliphatic rings. The van der Waals surface area contributed by atoms with Gasteiger partial charge in [-0.15, -0.1) is 0 Å². The van der Waals surface area contributed by atoms with Gasteiger partial charge in [0.05, 0.1) is 0 Å². The minimum atomic E-state index is -0.221. The van der Waals surface area contributed by atoms with Gasteiger partial charge in [0.15, 0.2) is 0 Å². The number of para-hydroxylation sites is 1. The second-order valence-corrected chi connectivity index (χ2v) is 5.49. The van der Waals surface area contributed by atoms with Crippen molar-refractivity contribution in [1.82, 2.24) is 0 Å². The number of fused-ring (bicyclic) bond motifs is 1. The lowest BCUT2D eigenvalue weighted by Crippen LogP contribution is -2.36. The first kappa shape index (κ1) is 13.1. The Balaban J connectivity index is 1.79. The fourth-order valence-corrected chi connectivity index (χ4v) is 2.94. The lowest BCUT2D eigenvalue weighted by molar-refractivity contribution is 0.603. The van der Waals surface area contributed by atoms with Gasteiger partial charge >= 0.3 is 0 Å². The molecule has 0 aromatic heterocycles. The van der Waals surface area contributed by atoms with Crippen LogP contribution in [0.2, 0.25) is 0 Å². The van der Waals surface area contributed by atoms with E-state index in [0.29, 0.717) is 6.04 Å². The monoisotopic (exact) mass is 270 g/mol. The number of hydrogen-bond donors (Lipinski definition) is 1. The van der Waals surface area contributed by atoms with Crippen LogP contribution in [0.5, 0.6) is 0 Å². The van der Waals surface area contributed by atoms with E-state index >= 15 is 0 Å². The van der Waals surface area contributed by atoms with Gasteiger partial charge in [-0.3, -0.25) is 0 Å². The van der Waals surface area contributed by atoms with Crippen molar-refractivity contribution in [3.05, 3.63) is 65.5 Å². The summed E-state index contributed by atoms with van der Waals surface area (Å²) in [5.41, 5.74) is 9.91. The molecule has 2 aromatic rings. The quantitative estimate of drug-likeness (QED) is 0.927. The van der Waals surface area contributed by atoms with Crippen molar-refractivity contribution in [2.75, 3.05) is 11.4 Å². The molecule has 2 nitrogen and oxygen atoms in total. The second kappa shape index (κ2) is 5.25. The van der Waals surface area contributed by atoms with Crippen LogP contribution in [0.15, 0.2) is 48.5 Å². The van der Waals surface area contributed by atoms with Crippen LogP contribution in [0.1, 0.15) is 24.1 Å². The van der Waals surface area contributed by atoms with Gasteiger partial charge in [0.1, 0.15) is 5.82 Å². The van der Waals surface area contributed by atoms with Crippen molar-refractivity contribution in [2.24, 2.45) is 5.73 Å². The maximum atomic E-state index is 13.0. The van der Waals surface area contributed by atoms with Gasteiger partial charge in [-0.1, -0.05) is 30.3 Å². The highest BCUT2D eigenvalue weighted by atomic mass is 19.1. The first-order chi connectivity index (χ1) is 9.65. The van der Waals surface area contributed by atoms with Crippen molar-refractivity contribution in [3.8, 4) is 0 Å². The molecule has 0 amide bonds. The van der Waals surface area contributed by atoms with E-state index < -0.39 is 0 Å². The second-order valence-electron chi connectivity index (χ2n) is 5.49.